The normalized spacial score (nSPS) is 12.1. The molecule has 2 aromatic rings. The molecule has 1 amide bonds. The van der Waals surface area contributed by atoms with Crippen molar-refractivity contribution in [2.75, 3.05) is 13.7 Å². The molecule has 0 bridgehead atoms. The molecule has 0 spiro atoms. The summed E-state index contributed by atoms with van der Waals surface area (Å²) in [6.45, 7) is 0.291. The van der Waals surface area contributed by atoms with Gasteiger partial charge in [0.1, 0.15) is 6.10 Å². The largest absolute Gasteiger partial charge is 0.375 e. The molecule has 5 nitrogen and oxygen atoms in total. The van der Waals surface area contributed by atoms with Crippen LogP contribution < -0.4 is 5.32 Å². The summed E-state index contributed by atoms with van der Waals surface area (Å²) in [7, 11) is 1.56. The van der Waals surface area contributed by atoms with Gasteiger partial charge in [0.2, 0.25) is 5.76 Å². The van der Waals surface area contributed by atoms with Gasteiger partial charge in [-0.3, -0.25) is 4.79 Å². The number of halogens is 1. The van der Waals surface area contributed by atoms with Crippen molar-refractivity contribution in [1.82, 2.24) is 10.5 Å². The van der Waals surface area contributed by atoms with Gasteiger partial charge in [0, 0.05) is 30.3 Å². The van der Waals surface area contributed by atoms with Crippen LogP contribution in [0.15, 0.2) is 41.1 Å². The Hall–Kier alpha value is -1.85. The fourth-order valence-corrected chi connectivity index (χ4v) is 1.92. The van der Waals surface area contributed by atoms with Crippen molar-refractivity contribution in [2.45, 2.75) is 6.10 Å². The van der Waals surface area contributed by atoms with Crippen LogP contribution in [-0.2, 0) is 4.74 Å². The van der Waals surface area contributed by atoms with Crippen LogP contribution in [-0.4, -0.2) is 24.7 Å². The second kappa shape index (κ2) is 6.36. The number of nitrogens with zero attached hydrogens (tertiary/aromatic N) is 1. The van der Waals surface area contributed by atoms with Crippen molar-refractivity contribution in [3.63, 3.8) is 0 Å². The first kappa shape index (κ1) is 13.6. The Bertz CT molecular complexity index is 543. The third-order valence-corrected chi connectivity index (χ3v) is 2.99. The first-order chi connectivity index (χ1) is 9.22. The molecule has 0 aliphatic heterocycles. The molecule has 6 heteroatoms. The molecule has 0 aliphatic carbocycles. The summed E-state index contributed by atoms with van der Waals surface area (Å²) in [6, 6.07) is 8.84. The van der Waals surface area contributed by atoms with Gasteiger partial charge in [-0.2, -0.15) is 0 Å². The Kier molecular flexibility index (Phi) is 4.54. The Morgan fingerprint density at radius 2 is 2.26 bits per heavy atom. The van der Waals surface area contributed by atoms with Crippen molar-refractivity contribution in [2.24, 2.45) is 0 Å². The van der Waals surface area contributed by atoms with E-state index in [2.05, 4.69) is 10.5 Å². The Balaban J connectivity index is 2.01. The van der Waals surface area contributed by atoms with Crippen molar-refractivity contribution < 1.29 is 14.1 Å². The highest BCUT2D eigenvalue weighted by Crippen LogP contribution is 2.24. The minimum Gasteiger partial charge on any atom is -0.375 e. The first-order valence-electron chi connectivity index (χ1n) is 5.68. The van der Waals surface area contributed by atoms with E-state index in [1.54, 1.807) is 13.2 Å². The smallest absolute Gasteiger partial charge is 0.289 e. The van der Waals surface area contributed by atoms with E-state index in [0.29, 0.717) is 11.6 Å². The zero-order chi connectivity index (χ0) is 13.7. The van der Waals surface area contributed by atoms with Gasteiger partial charge in [-0.1, -0.05) is 35.0 Å². The van der Waals surface area contributed by atoms with E-state index in [0.717, 1.165) is 5.56 Å². The zero-order valence-electron chi connectivity index (χ0n) is 10.3. The molecule has 0 aliphatic rings. The minimum atomic E-state index is -0.341. The van der Waals surface area contributed by atoms with Crippen LogP contribution in [0.2, 0.25) is 5.02 Å². The van der Waals surface area contributed by atoms with Crippen LogP contribution in [0.1, 0.15) is 22.2 Å². The average molecular weight is 281 g/mol. The predicted molar refractivity (Wildman–Crippen MR) is 70.0 cm³/mol. The van der Waals surface area contributed by atoms with Crippen molar-refractivity contribution in [3.05, 3.63) is 52.9 Å². The standard InChI is InChI=1S/C13H13ClN2O3/c1-18-12(9-4-2-3-5-10(9)14)8-15-13(17)11-6-7-16-19-11/h2-7,12H,8H2,1H3,(H,15,17)/t12-/m1/s1. The van der Waals surface area contributed by atoms with Crippen LogP contribution in [0.5, 0.6) is 0 Å². The lowest BCUT2D eigenvalue weighted by molar-refractivity contribution is 0.0801. The molecule has 0 radical (unpaired) electrons. The van der Waals surface area contributed by atoms with Gasteiger partial charge in [-0.05, 0) is 6.07 Å². The van der Waals surface area contributed by atoms with Gasteiger partial charge in [-0.15, -0.1) is 0 Å². The second-order valence-corrected chi connectivity index (χ2v) is 4.24. The van der Waals surface area contributed by atoms with Crippen LogP contribution in [0.3, 0.4) is 0 Å². The number of nitrogens with one attached hydrogen (secondary N) is 1. The number of hydrogen-bond donors (Lipinski definition) is 1. The number of benzene rings is 1. The number of carbonyl (C=O) groups excluding carboxylic acids is 1. The van der Waals surface area contributed by atoms with E-state index >= 15 is 0 Å². The van der Waals surface area contributed by atoms with E-state index in [4.69, 9.17) is 20.9 Å². The summed E-state index contributed by atoms with van der Waals surface area (Å²) in [5.41, 5.74) is 0.824. The third kappa shape index (κ3) is 3.33. The Morgan fingerprint density at radius 1 is 1.47 bits per heavy atom. The minimum absolute atomic E-state index is 0.161. The fraction of sp³-hybridized carbons (Fsp3) is 0.231. The van der Waals surface area contributed by atoms with Crippen molar-refractivity contribution in [3.8, 4) is 0 Å². The quantitative estimate of drug-likeness (QED) is 0.914. The maximum atomic E-state index is 11.7. The van der Waals surface area contributed by atoms with Gasteiger partial charge in [-0.25, -0.2) is 0 Å². The second-order valence-electron chi connectivity index (χ2n) is 3.83. The van der Waals surface area contributed by atoms with Gasteiger partial charge in [0.25, 0.3) is 5.91 Å². The van der Waals surface area contributed by atoms with Crippen LogP contribution >= 0.6 is 11.6 Å². The third-order valence-electron chi connectivity index (χ3n) is 2.65. The lowest BCUT2D eigenvalue weighted by Gasteiger charge is -2.17. The summed E-state index contributed by atoms with van der Waals surface area (Å²) < 4.78 is 10.1. The molecule has 1 atom stereocenters. The van der Waals surface area contributed by atoms with Gasteiger partial charge < -0.3 is 14.6 Å². The molecule has 0 saturated heterocycles. The lowest BCUT2D eigenvalue weighted by Crippen LogP contribution is -2.29. The number of aromatic nitrogens is 1. The van der Waals surface area contributed by atoms with Gasteiger partial charge in [0.15, 0.2) is 0 Å². The van der Waals surface area contributed by atoms with Crippen LogP contribution in [0.4, 0.5) is 0 Å². The summed E-state index contributed by atoms with van der Waals surface area (Å²) in [5.74, 6) is -0.180. The number of carbonyl (C=O) groups is 1. The molecule has 1 heterocycles. The molecule has 0 saturated carbocycles. The Morgan fingerprint density at radius 3 is 2.89 bits per heavy atom. The highest BCUT2D eigenvalue weighted by Gasteiger charge is 2.16. The SMILES string of the molecule is CO[C@H](CNC(=O)c1ccno1)c1ccccc1Cl. The van der Waals surface area contributed by atoms with E-state index in [1.165, 1.54) is 12.3 Å². The number of hydrogen-bond acceptors (Lipinski definition) is 4. The molecule has 0 fully saturated rings. The molecular weight excluding hydrogens is 268 g/mol. The molecule has 2 rings (SSSR count). The topological polar surface area (TPSA) is 64.4 Å². The highest BCUT2D eigenvalue weighted by molar-refractivity contribution is 6.31. The molecule has 19 heavy (non-hydrogen) atoms. The van der Waals surface area contributed by atoms with Crippen molar-refractivity contribution >= 4 is 17.5 Å². The summed E-state index contributed by atoms with van der Waals surface area (Å²) in [4.78, 5) is 11.7. The molecule has 1 aromatic heterocycles. The van der Waals surface area contributed by atoms with Crippen LogP contribution in [0.25, 0.3) is 0 Å². The number of rotatable bonds is 5. The maximum Gasteiger partial charge on any atom is 0.289 e. The predicted octanol–water partition coefficient (Wildman–Crippen LogP) is 2.45. The number of ether oxygens (including phenoxy) is 1. The Labute approximate surface area is 115 Å². The summed E-state index contributed by atoms with van der Waals surface area (Å²) in [5, 5.41) is 6.78. The lowest BCUT2D eigenvalue weighted by atomic mass is 10.1. The highest BCUT2D eigenvalue weighted by atomic mass is 35.5. The average Bonchev–Trinajstić information content (AvgIpc) is 2.95. The number of amides is 1. The molecule has 1 aromatic carbocycles. The molecule has 0 unspecified atom stereocenters. The molecule has 1 N–H and O–H groups in total. The number of methoxy groups -OCH3 is 1. The van der Waals surface area contributed by atoms with E-state index in [-0.39, 0.29) is 17.8 Å². The molecule has 100 valence electrons. The van der Waals surface area contributed by atoms with E-state index in [1.807, 2.05) is 18.2 Å². The first-order valence-corrected chi connectivity index (χ1v) is 6.06. The monoisotopic (exact) mass is 280 g/mol. The van der Waals surface area contributed by atoms with Gasteiger partial charge >= 0.3 is 0 Å². The van der Waals surface area contributed by atoms with Gasteiger partial charge in [0.05, 0.1) is 6.20 Å². The maximum absolute atomic E-state index is 11.7. The van der Waals surface area contributed by atoms with E-state index < -0.39 is 0 Å². The van der Waals surface area contributed by atoms with Crippen LogP contribution in [0, 0.1) is 0 Å². The fourth-order valence-electron chi connectivity index (χ4n) is 1.66. The summed E-state index contributed by atoms with van der Waals surface area (Å²) >= 11 is 6.09. The zero-order valence-corrected chi connectivity index (χ0v) is 11.1. The van der Waals surface area contributed by atoms with E-state index in [9.17, 15) is 4.79 Å². The van der Waals surface area contributed by atoms with Crippen molar-refractivity contribution in [1.29, 1.82) is 0 Å². The molecular formula is C13H13ClN2O3. The summed E-state index contributed by atoms with van der Waals surface area (Å²) in [6.07, 6.45) is 1.09.